The highest BCUT2D eigenvalue weighted by atomic mass is 32.2. The van der Waals surface area contributed by atoms with Crippen molar-refractivity contribution in [2.45, 2.75) is 49.1 Å². The van der Waals surface area contributed by atoms with E-state index in [2.05, 4.69) is 4.90 Å². The van der Waals surface area contributed by atoms with Gasteiger partial charge in [-0.3, -0.25) is 9.69 Å². The molecule has 30 heavy (non-hydrogen) atoms. The number of carboxylic acids is 1. The Labute approximate surface area is 177 Å². The standard InChI is InChI=1S/C22H27N3O4S/c23-14-16-8-10-18(11-9-16)30(28,29)25-15-17-4-2-12-24-13-3-5-19(22(17)24)20(25)6-1-7-21(26)27/h1,6,8-11,17,19-20,22H,2-5,7,12-13,15H2,(H,26,27)/b6-1-/t17-,19+,20+,22-/m0/s1. The molecular formula is C22H27N3O4S. The van der Waals surface area contributed by atoms with Crippen molar-refractivity contribution in [1.29, 1.82) is 5.26 Å². The number of nitrogens with zero attached hydrogens (tertiary/aromatic N) is 3. The molecule has 1 aromatic carbocycles. The summed E-state index contributed by atoms with van der Waals surface area (Å²) < 4.78 is 28.8. The Morgan fingerprint density at radius 1 is 1.20 bits per heavy atom. The molecule has 0 bridgehead atoms. The lowest BCUT2D eigenvalue weighted by molar-refractivity contribution is -0.136. The second kappa shape index (κ2) is 8.50. The molecule has 7 nitrogen and oxygen atoms in total. The maximum absolute atomic E-state index is 13.6. The second-order valence-electron chi connectivity index (χ2n) is 8.46. The van der Waals surface area contributed by atoms with E-state index in [9.17, 15) is 13.2 Å². The van der Waals surface area contributed by atoms with Gasteiger partial charge in [0, 0.05) is 18.6 Å². The zero-order chi connectivity index (χ0) is 21.3. The highest BCUT2D eigenvalue weighted by molar-refractivity contribution is 7.89. The number of nitriles is 1. The predicted octanol–water partition coefficient (Wildman–Crippen LogP) is 2.45. The number of sulfonamides is 1. The average molecular weight is 430 g/mol. The Kier molecular flexibility index (Phi) is 5.96. The minimum atomic E-state index is -3.77. The van der Waals surface area contributed by atoms with Gasteiger partial charge >= 0.3 is 5.97 Å². The molecule has 160 valence electrons. The molecule has 0 aliphatic carbocycles. The van der Waals surface area contributed by atoms with Gasteiger partial charge in [-0.15, -0.1) is 0 Å². The minimum Gasteiger partial charge on any atom is -0.481 e. The summed E-state index contributed by atoms with van der Waals surface area (Å²) in [5.41, 5.74) is 0.417. The molecule has 3 saturated heterocycles. The van der Waals surface area contributed by atoms with E-state index in [1.54, 1.807) is 16.5 Å². The number of aliphatic carboxylic acids is 1. The van der Waals surface area contributed by atoms with Crippen LogP contribution in [0, 0.1) is 23.2 Å². The van der Waals surface area contributed by atoms with Crippen molar-refractivity contribution in [1.82, 2.24) is 9.21 Å². The van der Waals surface area contributed by atoms with Crippen LogP contribution in [0.2, 0.25) is 0 Å². The SMILES string of the molecule is N#Cc1ccc(S(=O)(=O)N2C[C@@H]3CCCN4CCC[C@@H]([C@H]34)[C@H]2/C=C\CC(=O)O)cc1. The van der Waals surface area contributed by atoms with Crippen LogP contribution in [0.4, 0.5) is 0 Å². The van der Waals surface area contributed by atoms with E-state index in [1.807, 2.05) is 6.07 Å². The molecule has 3 aliphatic heterocycles. The summed E-state index contributed by atoms with van der Waals surface area (Å²) in [6, 6.07) is 8.06. The Morgan fingerprint density at radius 2 is 1.90 bits per heavy atom. The summed E-state index contributed by atoms with van der Waals surface area (Å²) in [6.45, 7) is 2.57. The van der Waals surface area contributed by atoms with Gasteiger partial charge < -0.3 is 5.11 Å². The molecule has 8 heteroatoms. The summed E-state index contributed by atoms with van der Waals surface area (Å²) in [6.07, 6.45) is 7.35. The zero-order valence-corrected chi connectivity index (χ0v) is 17.7. The van der Waals surface area contributed by atoms with Crippen LogP contribution in [0.15, 0.2) is 41.3 Å². The molecule has 4 atom stereocenters. The molecule has 0 radical (unpaired) electrons. The van der Waals surface area contributed by atoms with Gasteiger partial charge in [0.15, 0.2) is 0 Å². The van der Waals surface area contributed by atoms with Crippen LogP contribution in [0.1, 0.15) is 37.7 Å². The second-order valence-corrected chi connectivity index (χ2v) is 10.4. The van der Waals surface area contributed by atoms with Crippen molar-refractivity contribution >= 4 is 16.0 Å². The van der Waals surface area contributed by atoms with Crippen LogP contribution in [0.25, 0.3) is 0 Å². The molecule has 3 aliphatic rings. The summed E-state index contributed by atoms with van der Waals surface area (Å²) >= 11 is 0. The lowest BCUT2D eigenvalue weighted by atomic mass is 9.70. The van der Waals surface area contributed by atoms with Gasteiger partial charge in [0.05, 0.1) is 22.9 Å². The molecule has 0 saturated carbocycles. The third kappa shape index (κ3) is 3.89. The van der Waals surface area contributed by atoms with Gasteiger partial charge in [-0.1, -0.05) is 12.2 Å². The van der Waals surface area contributed by atoms with Crippen LogP contribution in [0.5, 0.6) is 0 Å². The molecular weight excluding hydrogens is 402 g/mol. The normalized spacial score (nSPS) is 30.0. The van der Waals surface area contributed by atoms with Crippen LogP contribution in [-0.4, -0.2) is 60.4 Å². The van der Waals surface area contributed by atoms with E-state index in [1.165, 1.54) is 24.3 Å². The van der Waals surface area contributed by atoms with Crippen molar-refractivity contribution in [3.8, 4) is 6.07 Å². The number of carbonyl (C=O) groups is 1. The number of hydrogen-bond donors (Lipinski definition) is 1. The van der Waals surface area contributed by atoms with Crippen molar-refractivity contribution in [2.24, 2.45) is 11.8 Å². The number of piperidine rings is 3. The monoisotopic (exact) mass is 429 g/mol. The molecule has 1 N–H and O–H groups in total. The quantitative estimate of drug-likeness (QED) is 0.722. The fourth-order valence-corrected chi connectivity index (χ4v) is 7.22. The number of benzene rings is 1. The molecule has 4 rings (SSSR count). The molecule has 3 fully saturated rings. The topological polar surface area (TPSA) is 102 Å². The van der Waals surface area contributed by atoms with Crippen LogP contribution >= 0.6 is 0 Å². The van der Waals surface area contributed by atoms with Crippen LogP contribution < -0.4 is 0 Å². The molecule has 1 aromatic rings. The first-order valence-corrected chi connectivity index (χ1v) is 12.0. The van der Waals surface area contributed by atoms with E-state index in [0.29, 0.717) is 24.1 Å². The molecule has 0 aromatic heterocycles. The Balaban J connectivity index is 1.71. The third-order valence-corrected chi connectivity index (χ3v) is 8.63. The van der Waals surface area contributed by atoms with Gasteiger partial charge in [-0.05, 0) is 74.9 Å². The van der Waals surface area contributed by atoms with Crippen LogP contribution in [-0.2, 0) is 14.8 Å². The van der Waals surface area contributed by atoms with Crippen LogP contribution in [0.3, 0.4) is 0 Å². The van der Waals surface area contributed by atoms with E-state index in [-0.39, 0.29) is 23.3 Å². The summed E-state index contributed by atoms with van der Waals surface area (Å²) in [7, 11) is -3.77. The van der Waals surface area contributed by atoms with E-state index in [4.69, 9.17) is 10.4 Å². The summed E-state index contributed by atoms with van der Waals surface area (Å²) in [4.78, 5) is 13.7. The Bertz CT molecular complexity index is 965. The fraction of sp³-hybridized carbons (Fsp3) is 0.545. The first-order chi connectivity index (χ1) is 14.4. The molecule has 0 spiro atoms. The fourth-order valence-electron chi connectivity index (χ4n) is 5.54. The lowest BCUT2D eigenvalue weighted by Gasteiger charge is -2.56. The molecule has 3 heterocycles. The lowest BCUT2D eigenvalue weighted by Crippen LogP contribution is -2.65. The van der Waals surface area contributed by atoms with Gasteiger partial charge in [-0.25, -0.2) is 8.42 Å². The Morgan fingerprint density at radius 3 is 2.57 bits per heavy atom. The van der Waals surface area contributed by atoms with Crippen molar-refractivity contribution in [3.63, 3.8) is 0 Å². The third-order valence-electron chi connectivity index (χ3n) is 6.75. The van der Waals surface area contributed by atoms with Gasteiger partial charge in [0.2, 0.25) is 10.0 Å². The first-order valence-electron chi connectivity index (χ1n) is 10.6. The predicted molar refractivity (Wildman–Crippen MR) is 111 cm³/mol. The van der Waals surface area contributed by atoms with Gasteiger partial charge in [0.25, 0.3) is 0 Å². The van der Waals surface area contributed by atoms with Crippen molar-refractivity contribution in [3.05, 3.63) is 42.0 Å². The number of hydrogen-bond acceptors (Lipinski definition) is 5. The Hall–Kier alpha value is -2.21. The first kappa shape index (κ1) is 21.0. The maximum Gasteiger partial charge on any atom is 0.307 e. The zero-order valence-electron chi connectivity index (χ0n) is 16.9. The van der Waals surface area contributed by atoms with Gasteiger partial charge in [-0.2, -0.15) is 9.57 Å². The van der Waals surface area contributed by atoms with E-state index >= 15 is 0 Å². The maximum atomic E-state index is 13.6. The smallest absolute Gasteiger partial charge is 0.307 e. The van der Waals surface area contributed by atoms with Crippen molar-refractivity contribution < 1.29 is 18.3 Å². The number of rotatable bonds is 5. The van der Waals surface area contributed by atoms with Crippen molar-refractivity contribution in [2.75, 3.05) is 19.6 Å². The summed E-state index contributed by atoms with van der Waals surface area (Å²) in [5.74, 6) is -0.471. The largest absolute Gasteiger partial charge is 0.481 e. The summed E-state index contributed by atoms with van der Waals surface area (Å²) in [5, 5.41) is 18.1. The molecule has 0 unspecified atom stereocenters. The average Bonchev–Trinajstić information content (AvgIpc) is 2.75. The number of carboxylic acid groups (broad SMARTS) is 1. The highest BCUT2D eigenvalue weighted by Crippen LogP contribution is 2.44. The van der Waals surface area contributed by atoms with E-state index < -0.39 is 16.0 Å². The van der Waals surface area contributed by atoms with E-state index in [0.717, 1.165) is 38.8 Å². The highest BCUT2D eigenvalue weighted by Gasteiger charge is 2.50. The molecule has 0 amide bonds. The minimum absolute atomic E-state index is 0.119. The van der Waals surface area contributed by atoms with Gasteiger partial charge in [0.1, 0.15) is 0 Å².